The molecule has 17 heavy (non-hydrogen) atoms. The summed E-state index contributed by atoms with van der Waals surface area (Å²) in [6, 6.07) is 0. The molecule has 0 aliphatic rings. The highest BCUT2D eigenvalue weighted by Crippen LogP contribution is 2.07. The molecule has 0 N–H and O–H groups in total. The molecule has 0 amide bonds. The van der Waals surface area contributed by atoms with Gasteiger partial charge in [-0.15, -0.1) is 0 Å². The van der Waals surface area contributed by atoms with Gasteiger partial charge in [0.2, 0.25) is 0 Å². The molecule has 0 atom stereocenters. The first kappa shape index (κ1) is 15.9. The van der Waals surface area contributed by atoms with Crippen molar-refractivity contribution in [2.24, 2.45) is 0 Å². The number of carbonyl (C=O) groups excluding carboxylic acids is 1. The van der Waals surface area contributed by atoms with Crippen LogP contribution >= 0.6 is 0 Å². The topological polar surface area (TPSA) is 17.1 Å². The summed E-state index contributed by atoms with van der Waals surface area (Å²) in [5.74, 6) is 0.432. The number of hydrogen-bond donors (Lipinski definition) is 0. The molecule has 0 saturated carbocycles. The number of allylic oxidation sites excluding steroid dienone is 5. The van der Waals surface area contributed by atoms with Crippen molar-refractivity contribution in [2.45, 2.75) is 58.3 Å². The van der Waals surface area contributed by atoms with Gasteiger partial charge in [-0.05, 0) is 25.7 Å². The highest BCUT2D eigenvalue weighted by molar-refractivity contribution is 5.78. The normalized spacial score (nSPS) is 11.4. The maximum absolute atomic E-state index is 11.3. The van der Waals surface area contributed by atoms with Crippen molar-refractivity contribution in [3.63, 3.8) is 0 Å². The van der Waals surface area contributed by atoms with Gasteiger partial charge in [0.1, 0.15) is 5.78 Å². The van der Waals surface area contributed by atoms with Crippen LogP contribution in [0.3, 0.4) is 0 Å². The molecule has 0 fully saturated rings. The van der Waals surface area contributed by atoms with Crippen molar-refractivity contribution in [1.82, 2.24) is 0 Å². The Labute approximate surface area is 106 Å². The zero-order chi connectivity index (χ0) is 12.8. The Morgan fingerprint density at radius 3 is 2.47 bits per heavy atom. The van der Waals surface area contributed by atoms with E-state index < -0.39 is 0 Å². The van der Waals surface area contributed by atoms with E-state index in [4.69, 9.17) is 0 Å². The molecular weight excluding hydrogens is 208 g/mol. The summed E-state index contributed by atoms with van der Waals surface area (Å²) in [4.78, 5) is 11.3. The van der Waals surface area contributed by atoms with E-state index in [-0.39, 0.29) is 0 Å². The van der Waals surface area contributed by atoms with Crippen LogP contribution in [0.1, 0.15) is 58.3 Å². The second kappa shape index (κ2) is 13.0. The molecule has 0 aromatic rings. The van der Waals surface area contributed by atoms with Crippen molar-refractivity contribution in [2.75, 3.05) is 0 Å². The van der Waals surface area contributed by atoms with E-state index >= 15 is 0 Å². The molecule has 0 aliphatic heterocycles. The zero-order valence-electron chi connectivity index (χ0n) is 11.2. The van der Waals surface area contributed by atoms with Crippen LogP contribution in [0.15, 0.2) is 37.0 Å². The summed E-state index contributed by atoms with van der Waals surface area (Å²) < 4.78 is 0. The van der Waals surface area contributed by atoms with E-state index in [9.17, 15) is 4.79 Å². The zero-order valence-corrected chi connectivity index (χ0v) is 11.2. The molecule has 0 aliphatic carbocycles. The monoisotopic (exact) mass is 234 g/mol. The molecule has 0 aromatic carbocycles. The third-order valence-electron chi connectivity index (χ3n) is 2.60. The van der Waals surface area contributed by atoms with Crippen LogP contribution in [0.25, 0.3) is 0 Å². The second-order valence-electron chi connectivity index (χ2n) is 4.29. The van der Waals surface area contributed by atoms with Gasteiger partial charge in [-0.1, -0.05) is 56.7 Å². The number of Topliss-reactive ketones (excluding diaryl/α,β-unsaturated/α-hetero) is 1. The molecule has 0 rings (SSSR count). The first-order valence-electron chi connectivity index (χ1n) is 6.77. The molecular formula is C16H26O. The van der Waals surface area contributed by atoms with Gasteiger partial charge in [0, 0.05) is 12.8 Å². The number of carbonyl (C=O) groups is 1. The number of hydrogen-bond acceptors (Lipinski definition) is 1. The highest BCUT2D eigenvalue weighted by Gasteiger charge is 1.98. The minimum Gasteiger partial charge on any atom is -0.300 e. The van der Waals surface area contributed by atoms with Gasteiger partial charge >= 0.3 is 0 Å². The standard InChI is InChI=1S/C16H26O/c1-3-5-6-7-8-9-10-11-12-13-15-16(17)14-4-2/h3,5-8H,1,4,9-15H2,2H3. The van der Waals surface area contributed by atoms with Gasteiger partial charge in [-0.2, -0.15) is 0 Å². The maximum Gasteiger partial charge on any atom is 0.132 e. The van der Waals surface area contributed by atoms with Gasteiger partial charge in [-0.25, -0.2) is 0 Å². The van der Waals surface area contributed by atoms with E-state index in [0.29, 0.717) is 5.78 Å². The molecule has 0 unspecified atom stereocenters. The largest absolute Gasteiger partial charge is 0.300 e. The smallest absolute Gasteiger partial charge is 0.132 e. The van der Waals surface area contributed by atoms with Crippen LogP contribution in [-0.4, -0.2) is 5.78 Å². The van der Waals surface area contributed by atoms with Crippen LogP contribution in [0, 0.1) is 0 Å². The summed E-state index contributed by atoms with van der Waals surface area (Å²) >= 11 is 0. The first-order valence-corrected chi connectivity index (χ1v) is 6.77. The molecule has 96 valence electrons. The van der Waals surface area contributed by atoms with Crippen LogP contribution in [0.2, 0.25) is 0 Å². The summed E-state index contributed by atoms with van der Waals surface area (Å²) in [6.45, 7) is 5.67. The second-order valence-corrected chi connectivity index (χ2v) is 4.29. The van der Waals surface area contributed by atoms with Crippen LogP contribution in [-0.2, 0) is 4.79 Å². The van der Waals surface area contributed by atoms with Crippen molar-refractivity contribution < 1.29 is 4.79 Å². The average molecular weight is 234 g/mol. The van der Waals surface area contributed by atoms with Crippen molar-refractivity contribution >= 4 is 5.78 Å². The molecule has 0 spiro atoms. The Bertz CT molecular complexity index is 248. The van der Waals surface area contributed by atoms with Gasteiger partial charge in [-0.3, -0.25) is 4.79 Å². The lowest BCUT2D eigenvalue weighted by molar-refractivity contribution is -0.119. The number of unbranched alkanes of at least 4 members (excludes halogenated alkanes) is 4. The number of rotatable bonds is 11. The molecule has 1 nitrogen and oxygen atoms in total. The SMILES string of the molecule is C=CC=CC=CCCCCCCC(=O)CCC. The lowest BCUT2D eigenvalue weighted by Gasteiger charge is -1.99. The third kappa shape index (κ3) is 12.8. The Hall–Kier alpha value is -1.11. The van der Waals surface area contributed by atoms with Crippen LogP contribution < -0.4 is 0 Å². The molecule has 0 heterocycles. The lowest BCUT2D eigenvalue weighted by Crippen LogP contribution is -1.95. The van der Waals surface area contributed by atoms with Crippen molar-refractivity contribution in [1.29, 1.82) is 0 Å². The van der Waals surface area contributed by atoms with E-state index in [0.717, 1.165) is 32.1 Å². The summed E-state index contributed by atoms with van der Waals surface area (Å²) in [6.07, 6.45) is 18.3. The minimum atomic E-state index is 0.432. The molecule has 0 bridgehead atoms. The quantitative estimate of drug-likeness (QED) is 0.363. The average Bonchev–Trinajstić information content (AvgIpc) is 2.32. The Morgan fingerprint density at radius 2 is 1.76 bits per heavy atom. The Morgan fingerprint density at radius 1 is 1.00 bits per heavy atom. The first-order chi connectivity index (χ1) is 8.31. The van der Waals surface area contributed by atoms with Gasteiger partial charge < -0.3 is 0 Å². The van der Waals surface area contributed by atoms with E-state index in [1.54, 1.807) is 6.08 Å². The third-order valence-corrected chi connectivity index (χ3v) is 2.60. The summed E-state index contributed by atoms with van der Waals surface area (Å²) in [5.41, 5.74) is 0. The summed E-state index contributed by atoms with van der Waals surface area (Å²) in [5, 5.41) is 0. The highest BCUT2D eigenvalue weighted by atomic mass is 16.1. The van der Waals surface area contributed by atoms with Crippen LogP contribution in [0.5, 0.6) is 0 Å². The molecule has 0 aromatic heterocycles. The Kier molecular flexibility index (Phi) is 12.1. The summed E-state index contributed by atoms with van der Waals surface area (Å²) in [7, 11) is 0. The minimum absolute atomic E-state index is 0.432. The molecule has 0 saturated heterocycles. The number of ketones is 1. The molecule has 0 radical (unpaired) electrons. The van der Waals surface area contributed by atoms with Crippen molar-refractivity contribution in [3.8, 4) is 0 Å². The van der Waals surface area contributed by atoms with Gasteiger partial charge in [0.25, 0.3) is 0 Å². The van der Waals surface area contributed by atoms with E-state index in [1.807, 2.05) is 12.2 Å². The Balaban J connectivity index is 3.23. The maximum atomic E-state index is 11.3. The van der Waals surface area contributed by atoms with E-state index in [2.05, 4.69) is 25.7 Å². The van der Waals surface area contributed by atoms with Gasteiger partial charge in [0.05, 0.1) is 0 Å². The fourth-order valence-electron chi connectivity index (χ4n) is 1.66. The molecule has 1 heteroatoms. The van der Waals surface area contributed by atoms with Gasteiger partial charge in [0.15, 0.2) is 0 Å². The van der Waals surface area contributed by atoms with Crippen LogP contribution in [0.4, 0.5) is 0 Å². The fourth-order valence-corrected chi connectivity index (χ4v) is 1.66. The van der Waals surface area contributed by atoms with E-state index in [1.165, 1.54) is 19.3 Å². The lowest BCUT2D eigenvalue weighted by atomic mass is 10.1. The van der Waals surface area contributed by atoms with Crippen molar-refractivity contribution in [3.05, 3.63) is 37.0 Å². The predicted octanol–water partition coefficient (Wildman–Crippen LogP) is 4.99. The predicted molar refractivity (Wildman–Crippen MR) is 76.1 cm³/mol. The fraction of sp³-hybridized carbons (Fsp3) is 0.562.